The van der Waals surface area contributed by atoms with E-state index >= 15 is 0 Å². The molecule has 0 fully saturated rings. The van der Waals surface area contributed by atoms with Gasteiger partial charge in [0.1, 0.15) is 6.54 Å². The normalized spacial score (nSPS) is 11.5. The van der Waals surface area contributed by atoms with E-state index in [-0.39, 0.29) is 6.42 Å². The Balaban J connectivity index is 2.03. The summed E-state index contributed by atoms with van der Waals surface area (Å²) in [4.78, 5) is 11.4. The van der Waals surface area contributed by atoms with Gasteiger partial charge >= 0.3 is 6.18 Å². The Labute approximate surface area is 108 Å². The lowest BCUT2D eigenvalue weighted by molar-refractivity contribution is -0.138. The second-order valence-electron chi connectivity index (χ2n) is 4.25. The number of halogens is 3. The fourth-order valence-electron chi connectivity index (χ4n) is 1.80. The van der Waals surface area contributed by atoms with Crippen molar-refractivity contribution in [2.24, 2.45) is 0 Å². The summed E-state index contributed by atoms with van der Waals surface area (Å²) in [6.07, 6.45) is -4.43. The fourth-order valence-corrected chi connectivity index (χ4v) is 1.80. The Morgan fingerprint density at radius 1 is 1.05 bits per heavy atom. The molecule has 0 atom stereocenters. The first kappa shape index (κ1) is 13.4. The van der Waals surface area contributed by atoms with Crippen LogP contribution in [0.25, 0.3) is 10.8 Å². The van der Waals surface area contributed by atoms with Crippen molar-refractivity contribution in [2.75, 3.05) is 6.54 Å². The topological polar surface area (TPSA) is 29.1 Å². The zero-order chi connectivity index (χ0) is 13.9. The molecule has 100 valence electrons. The van der Waals surface area contributed by atoms with E-state index in [1.165, 1.54) is 0 Å². The van der Waals surface area contributed by atoms with E-state index in [1.54, 1.807) is 6.07 Å². The van der Waals surface area contributed by atoms with Crippen LogP contribution in [0.4, 0.5) is 13.2 Å². The Morgan fingerprint density at radius 3 is 2.42 bits per heavy atom. The summed E-state index contributed by atoms with van der Waals surface area (Å²) >= 11 is 0. The van der Waals surface area contributed by atoms with E-state index in [9.17, 15) is 18.0 Å². The van der Waals surface area contributed by atoms with E-state index in [4.69, 9.17) is 0 Å². The highest BCUT2D eigenvalue weighted by molar-refractivity contribution is 5.85. The molecule has 2 nitrogen and oxygen atoms in total. The number of amides is 1. The van der Waals surface area contributed by atoms with Crippen LogP contribution in [0, 0.1) is 0 Å². The summed E-state index contributed by atoms with van der Waals surface area (Å²) in [5, 5.41) is 3.85. The van der Waals surface area contributed by atoms with Crippen molar-refractivity contribution < 1.29 is 18.0 Å². The molecule has 2 aromatic rings. The third-order valence-corrected chi connectivity index (χ3v) is 2.66. The molecule has 0 aliphatic rings. The van der Waals surface area contributed by atoms with Crippen LogP contribution in [-0.2, 0) is 11.2 Å². The Bertz CT molecular complexity index is 593. The molecule has 5 heteroatoms. The van der Waals surface area contributed by atoms with Crippen LogP contribution in [0.1, 0.15) is 5.56 Å². The summed E-state index contributed by atoms with van der Waals surface area (Å²) in [5.41, 5.74) is 0.693. The molecule has 0 saturated carbocycles. The minimum Gasteiger partial charge on any atom is -0.347 e. The quantitative estimate of drug-likeness (QED) is 0.909. The summed E-state index contributed by atoms with van der Waals surface area (Å²) in [6, 6.07) is 13.0. The average molecular weight is 267 g/mol. The van der Waals surface area contributed by atoms with Crippen molar-refractivity contribution in [3.05, 3.63) is 48.0 Å². The summed E-state index contributed by atoms with van der Waals surface area (Å²) < 4.78 is 35.8. The number of hydrogen-bond acceptors (Lipinski definition) is 1. The first-order valence-corrected chi connectivity index (χ1v) is 5.75. The lowest BCUT2D eigenvalue weighted by atomic mass is 10.1. The summed E-state index contributed by atoms with van der Waals surface area (Å²) in [7, 11) is 0. The van der Waals surface area contributed by atoms with Gasteiger partial charge in [-0.2, -0.15) is 13.2 Å². The highest BCUT2D eigenvalue weighted by Crippen LogP contribution is 2.16. The molecule has 0 aromatic heterocycles. The van der Waals surface area contributed by atoms with Gasteiger partial charge in [0.15, 0.2) is 0 Å². The predicted octanol–water partition coefficient (Wildman–Crippen LogP) is 3.06. The lowest BCUT2D eigenvalue weighted by Gasteiger charge is -2.08. The van der Waals surface area contributed by atoms with Crippen molar-refractivity contribution in [1.82, 2.24) is 5.32 Å². The molecule has 0 aliphatic heterocycles. The van der Waals surface area contributed by atoms with Crippen LogP contribution in [0.2, 0.25) is 0 Å². The maximum absolute atomic E-state index is 11.9. The molecule has 1 amide bonds. The van der Waals surface area contributed by atoms with Crippen LogP contribution in [0.15, 0.2) is 42.5 Å². The zero-order valence-electron chi connectivity index (χ0n) is 10.00. The molecule has 1 N–H and O–H groups in total. The molecular formula is C14H12F3NO. The smallest absolute Gasteiger partial charge is 0.347 e. The van der Waals surface area contributed by atoms with Crippen LogP contribution >= 0.6 is 0 Å². The standard InChI is InChI=1S/C14H12F3NO/c15-14(16,17)9-18-13(19)8-10-5-6-11-3-1-2-4-12(11)7-10/h1-7H,8-9H2,(H,18,19). The number of rotatable bonds is 3. The molecule has 0 saturated heterocycles. The Kier molecular flexibility index (Phi) is 3.74. The Morgan fingerprint density at radius 2 is 1.74 bits per heavy atom. The van der Waals surface area contributed by atoms with Gasteiger partial charge in [-0.1, -0.05) is 42.5 Å². The van der Waals surface area contributed by atoms with Crippen LogP contribution in [0.3, 0.4) is 0 Å². The Hall–Kier alpha value is -2.04. The van der Waals surface area contributed by atoms with E-state index in [0.29, 0.717) is 5.56 Å². The molecule has 0 heterocycles. The number of carbonyl (C=O) groups excluding carboxylic acids is 1. The van der Waals surface area contributed by atoms with E-state index in [0.717, 1.165) is 10.8 Å². The highest BCUT2D eigenvalue weighted by Gasteiger charge is 2.27. The number of hydrogen-bond donors (Lipinski definition) is 1. The van der Waals surface area contributed by atoms with Crippen LogP contribution in [-0.4, -0.2) is 18.6 Å². The van der Waals surface area contributed by atoms with Crippen molar-refractivity contribution in [2.45, 2.75) is 12.6 Å². The molecule has 0 unspecified atom stereocenters. The summed E-state index contributed by atoms with van der Waals surface area (Å²) in [6.45, 7) is -1.29. The van der Waals surface area contributed by atoms with Crippen molar-refractivity contribution >= 4 is 16.7 Å². The first-order chi connectivity index (χ1) is 8.94. The third-order valence-electron chi connectivity index (χ3n) is 2.66. The van der Waals surface area contributed by atoms with Gasteiger partial charge in [0.05, 0.1) is 6.42 Å². The molecule has 0 radical (unpaired) electrons. The molecular weight excluding hydrogens is 255 g/mol. The number of benzene rings is 2. The number of alkyl halides is 3. The fraction of sp³-hybridized carbons (Fsp3) is 0.214. The number of carbonyl (C=O) groups is 1. The van der Waals surface area contributed by atoms with Gasteiger partial charge in [-0.3, -0.25) is 4.79 Å². The molecule has 2 aromatic carbocycles. The maximum Gasteiger partial charge on any atom is 0.405 e. The second-order valence-corrected chi connectivity index (χ2v) is 4.25. The van der Waals surface area contributed by atoms with Gasteiger partial charge < -0.3 is 5.32 Å². The first-order valence-electron chi connectivity index (χ1n) is 5.75. The molecule has 19 heavy (non-hydrogen) atoms. The SMILES string of the molecule is O=C(Cc1ccc2ccccc2c1)NCC(F)(F)F. The van der Waals surface area contributed by atoms with Gasteiger partial charge in [-0.25, -0.2) is 0 Å². The van der Waals surface area contributed by atoms with Crippen molar-refractivity contribution in [1.29, 1.82) is 0 Å². The number of fused-ring (bicyclic) bond motifs is 1. The molecule has 2 rings (SSSR count). The maximum atomic E-state index is 11.9. The van der Waals surface area contributed by atoms with E-state index in [1.807, 2.05) is 41.7 Å². The van der Waals surface area contributed by atoms with E-state index in [2.05, 4.69) is 0 Å². The minimum absolute atomic E-state index is 0.0546. The number of nitrogens with one attached hydrogen (secondary N) is 1. The van der Waals surface area contributed by atoms with Gasteiger partial charge in [-0.15, -0.1) is 0 Å². The van der Waals surface area contributed by atoms with Gasteiger partial charge in [-0.05, 0) is 16.3 Å². The molecule has 0 aliphatic carbocycles. The van der Waals surface area contributed by atoms with Crippen molar-refractivity contribution in [3.63, 3.8) is 0 Å². The second kappa shape index (κ2) is 5.30. The van der Waals surface area contributed by atoms with Crippen LogP contribution in [0.5, 0.6) is 0 Å². The monoisotopic (exact) mass is 267 g/mol. The average Bonchev–Trinajstić information content (AvgIpc) is 2.35. The van der Waals surface area contributed by atoms with Gasteiger partial charge in [0.25, 0.3) is 0 Å². The molecule has 0 spiro atoms. The molecule has 0 bridgehead atoms. The largest absolute Gasteiger partial charge is 0.405 e. The van der Waals surface area contributed by atoms with Gasteiger partial charge in [0, 0.05) is 0 Å². The van der Waals surface area contributed by atoms with Gasteiger partial charge in [0.2, 0.25) is 5.91 Å². The third kappa shape index (κ3) is 3.98. The van der Waals surface area contributed by atoms with Crippen molar-refractivity contribution in [3.8, 4) is 0 Å². The summed E-state index contributed by atoms with van der Waals surface area (Å²) in [5.74, 6) is -0.632. The zero-order valence-corrected chi connectivity index (χ0v) is 10.00. The highest BCUT2D eigenvalue weighted by atomic mass is 19.4. The van der Waals surface area contributed by atoms with E-state index < -0.39 is 18.6 Å². The van der Waals surface area contributed by atoms with Crippen LogP contribution < -0.4 is 5.32 Å². The minimum atomic E-state index is -4.38. The lowest BCUT2D eigenvalue weighted by Crippen LogP contribution is -2.34. The predicted molar refractivity (Wildman–Crippen MR) is 66.7 cm³/mol.